The summed E-state index contributed by atoms with van der Waals surface area (Å²) in [5.74, 6) is -0.226. The lowest BCUT2D eigenvalue weighted by Crippen LogP contribution is -2.36. The van der Waals surface area contributed by atoms with Crippen molar-refractivity contribution in [1.82, 2.24) is 9.55 Å². The molecule has 0 radical (unpaired) electrons. The molecule has 19 heavy (non-hydrogen) atoms. The molecule has 5 N–H and O–H groups in total. The first kappa shape index (κ1) is 13.4. The third-order valence-corrected chi connectivity index (χ3v) is 2.89. The molecule has 1 aliphatic rings. The van der Waals surface area contributed by atoms with E-state index in [4.69, 9.17) is 20.8 Å². The maximum atomic E-state index is 11.7. The highest BCUT2D eigenvalue weighted by Crippen LogP contribution is 2.28. The number of nitrogens with two attached hydrogens (primary N) is 1. The van der Waals surface area contributed by atoms with E-state index in [0.29, 0.717) is 0 Å². The summed E-state index contributed by atoms with van der Waals surface area (Å²) in [6.45, 7) is -0.517. The molecule has 1 aromatic heterocycles. The van der Waals surface area contributed by atoms with Gasteiger partial charge in [0, 0.05) is 6.20 Å². The van der Waals surface area contributed by atoms with Crippen molar-refractivity contribution < 1.29 is 20.1 Å². The molecule has 1 saturated heterocycles. The molecule has 2 rings (SSSR count). The Balaban J connectivity index is 2.44. The Hall–Kier alpha value is -1.99. The summed E-state index contributed by atoms with van der Waals surface area (Å²) in [5, 5.41) is 37.2. The molecule has 9 nitrogen and oxygen atoms in total. The fourth-order valence-corrected chi connectivity index (χ4v) is 1.86. The second-order valence-electron chi connectivity index (χ2n) is 4.07. The number of nitrogens with zero attached hydrogens (tertiary/aromatic N) is 3. The zero-order valence-electron chi connectivity index (χ0n) is 9.67. The average molecular weight is 268 g/mol. The molecule has 1 aromatic rings. The van der Waals surface area contributed by atoms with Crippen molar-refractivity contribution in [3.8, 4) is 6.07 Å². The molecule has 4 atom stereocenters. The number of aliphatic hydroxyl groups is 3. The zero-order valence-corrected chi connectivity index (χ0v) is 9.67. The minimum absolute atomic E-state index is 0.0580. The van der Waals surface area contributed by atoms with Gasteiger partial charge in [-0.05, 0) is 0 Å². The quantitative estimate of drug-likeness (QED) is 0.452. The Morgan fingerprint density at radius 1 is 1.53 bits per heavy atom. The van der Waals surface area contributed by atoms with E-state index in [1.165, 1.54) is 0 Å². The Morgan fingerprint density at radius 3 is 2.74 bits per heavy atom. The number of hydrogen-bond donors (Lipinski definition) is 4. The van der Waals surface area contributed by atoms with Gasteiger partial charge in [-0.15, -0.1) is 0 Å². The van der Waals surface area contributed by atoms with Crippen LogP contribution < -0.4 is 11.4 Å². The molecule has 0 spiro atoms. The number of anilines is 1. The van der Waals surface area contributed by atoms with Gasteiger partial charge in [-0.25, -0.2) is 4.79 Å². The summed E-state index contributed by atoms with van der Waals surface area (Å²) in [4.78, 5) is 15.1. The van der Waals surface area contributed by atoms with Gasteiger partial charge < -0.3 is 25.8 Å². The molecule has 102 valence electrons. The maximum absolute atomic E-state index is 11.7. The van der Waals surface area contributed by atoms with E-state index in [0.717, 1.165) is 10.8 Å². The lowest BCUT2D eigenvalue weighted by Gasteiger charge is -2.17. The van der Waals surface area contributed by atoms with Crippen LogP contribution in [0.5, 0.6) is 0 Å². The van der Waals surface area contributed by atoms with E-state index in [2.05, 4.69) is 4.98 Å². The molecule has 2 heterocycles. The molecule has 0 saturated carbocycles. The van der Waals surface area contributed by atoms with Crippen LogP contribution in [0.4, 0.5) is 5.82 Å². The van der Waals surface area contributed by atoms with Crippen LogP contribution in [0.25, 0.3) is 0 Å². The summed E-state index contributed by atoms with van der Waals surface area (Å²) in [6, 6.07) is 1.74. The highest BCUT2D eigenvalue weighted by molar-refractivity contribution is 5.45. The number of rotatable bonds is 2. The van der Waals surface area contributed by atoms with Crippen LogP contribution in [0, 0.1) is 11.3 Å². The largest absolute Gasteiger partial charge is 0.394 e. The van der Waals surface area contributed by atoms with Gasteiger partial charge in [0.2, 0.25) is 0 Å². The van der Waals surface area contributed by atoms with Gasteiger partial charge >= 0.3 is 5.69 Å². The predicted molar refractivity (Wildman–Crippen MR) is 60.6 cm³/mol. The lowest BCUT2D eigenvalue weighted by molar-refractivity contribution is -0.0549. The zero-order chi connectivity index (χ0) is 14.2. The van der Waals surface area contributed by atoms with Crippen LogP contribution >= 0.6 is 0 Å². The molecule has 0 amide bonds. The van der Waals surface area contributed by atoms with Gasteiger partial charge in [-0.1, -0.05) is 0 Å². The van der Waals surface area contributed by atoms with E-state index in [1.807, 2.05) is 0 Å². The maximum Gasteiger partial charge on any atom is 0.351 e. The molecule has 9 heteroatoms. The van der Waals surface area contributed by atoms with Crippen molar-refractivity contribution >= 4 is 5.82 Å². The molecular weight excluding hydrogens is 256 g/mol. The minimum Gasteiger partial charge on any atom is -0.394 e. The third-order valence-electron chi connectivity index (χ3n) is 2.89. The standard InChI is InChI=1S/C10H12N4O5/c11-1-4-2-14(10(18)13-8(4)12)9-7(17)6(16)5(3-15)19-9/h2,5-7,9,15-17H,3H2,(H2,12,13,18)/t5-,6+,7-,9-/m1/s1. The van der Waals surface area contributed by atoms with Crippen molar-refractivity contribution in [3.63, 3.8) is 0 Å². The Labute approximate surface area is 107 Å². The number of nitrogen functional groups attached to an aromatic ring is 1. The summed E-state index contributed by atoms with van der Waals surface area (Å²) >= 11 is 0. The monoisotopic (exact) mass is 268 g/mol. The summed E-state index contributed by atoms with van der Waals surface area (Å²) in [5.41, 5.74) is 4.49. The van der Waals surface area contributed by atoms with Crippen LogP contribution in [-0.4, -0.2) is 49.8 Å². The Bertz CT molecular complexity index is 580. The topological polar surface area (TPSA) is 155 Å². The summed E-state index contributed by atoms with van der Waals surface area (Å²) in [7, 11) is 0. The van der Waals surface area contributed by atoms with Crippen LogP contribution in [0.15, 0.2) is 11.0 Å². The second kappa shape index (κ2) is 4.94. The molecular formula is C10H12N4O5. The van der Waals surface area contributed by atoms with Crippen molar-refractivity contribution in [2.24, 2.45) is 0 Å². The van der Waals surface area contributed by atoms with E-state index in [1.54, 1.807) is 6.07 Å². The lowest BCUT2D eigenvalue weighted by atomic mass is 10.1. The molecule has 0 bridgehead atoms. The molecule has 0 aromatic carbocycles. The van der Waals surface area contributed by atoms with Gasteiger partial charge in [-0.3, -0.25) is 4.57 Å². The van der Waals surface area contributed by atoms with Crippen LogP contribution in [-0.2, 0) is 4.74 Å². The van der Waals surface area contributed by atoms with Gasteiger partial charge in [0.1, 0.15) is 35.8 Å². The van der Waals surface area contributed by atoms with E-state index >= 15 is 0 Å². The Kier molecular flexibility index (Phi) is 3.50. The van der Waals surface area contributed by atoms with Gasteiger partial charge in [0.25, 0.3) is 0 Å². The fraction of sp³-hybridized carbons (Fsp3) is 0.500. The first-order valence-electron chi connectivity index (χ1n) is 5.40. The minimum atomic E-state index is -1.42. The van der Waals surface area contributed by atoms with E-state index in [9.17, 15) is 15.0 Å². The molecule has 1 aliphatic heterocycles. The van der Waals surface area contributed by atoms with Crippen molar-refractivity contribution in [2.75, 3.05) is 12.3 Å². The van der Waals surface area contributed by atoms with Gasteiger partial charge in [0.05, 0.1) is 6.61 Å². The van der Waals surface area contributed by atoms with Crippen molar-refractivity contribution in [2.45, 2.75) is 24.5 Å². The number of hydrogen-bond acceptors (Lipinski definition) is 8. The Morgan fingerprint density at radius 2 is 2.21 bits per heavy atom. The van der Waals surface area contributed by atoms with Crippen LogP contribution in [0.2, 0.25) is 0 Å². The second-order valence-corrected chi connectivity index (χ2v) is 4.07. The smallest absolute Gasteiger partial charge is 0.351 e. The van der Waals surface area contributed by atoms with Crippen molar-refractivity contribution in [3.05, 3.63) is 22.2 Å². The fourth-order valence-electron chi connectivity index (χ4n) is 1.86. The van der Waals surface area contributed by atoms with Gasteiger partial charge in [-0.2, -0.15) is 10.2 Å². The molecule has 0 unspecified atom stereocenters. The summed E-state index contributed by atoms with van der Waals surface area (Å²) < 4.78 is 6.02. The number of aliphatic hydroxyl groups excluding tert-OH is 3. The predicted octanol–water partition coefficient (Wildman–Crippen LogP) is -2.69. The van der Waals surface area contributed by atoms with Crippen LogP contribution in [0.3, 0.4) is 0 Å². The first-order chi connectivity index (χ1) is 8.99. The molecule has 0 aliphatic carbocycles. The van der Waals surface area contributed by atoms with Crippen LogP contribution in [0.1, 0.15) is 11.8 Å². The SMILES string of the molecule is N#Cc1cn([C@@H]2O[C@H](CO)[C@H](O)[C@H]2O)c(=O)nc1N. The number of ether oxygens (including phenoxy) is 1. The summed E-state index contributed by atoms with van der Waals surface area (Å²) in [6.07, 6.45) is -3.93. The van der Waals surface area contributed by atoms with E-state index < -0.39 is 36.8 Å². The van der Waals surface area contributed by atoms with E-state index in [-0.39, 0.29) is 11.4 Å². The highest BCUT2D eigenvalue weighted by Gasteiger charge is 2.43. The van der Waals surface area contributed by atoms with Gasteiger partial charge in [0.15, 0.2) is 6.23 Å². The molecule has 1 fully saturated rings. The van der Waals surface area contributed by atoms with Crippen molar-refractivity contribution in [1.29, 1.82) is 5.26 Å². The number of aromatic nitrogens is 2. The average Bonchev–Trinajstić information content (AvgIpc) is 2.67. The number of nitriles is 1. The third kappa shape index (κ3) is 2.18. The highest BCUT2D eigenvalue weighted by atomic mass is 16.6. The normalized spacial score (nSPS) is 30.2. The first-order valence-corrected chi connectivity index (χ1v) is 5.40.